The number of aliphatic hydroxyl groups is 2. The molecule has 0 radical (unpaired) electrons. The Morgan fingerprint density at radius 1 is 0.360 bits per heavy atom. The lowest BCUT2D eigenvalue weighted by atomic mass is 9.92. The van der Waals surface area contributed by atoms with Gasteiger partial charge in [-0.25, -0.2) is 0 Å². The van der Waals surface area contributed by atoms with Gasteiger partial charge in [0.25, 0.3) is 0 Å². The van der Waals surface area contributed by atoms with Crippen LogP contribution in [-0.4, -0.2) is 257 Å². The van der Waals surface area contributed by atoms with E-state index in [1.165, 1.54) is 143 Å². The predicted molar refractivity (Wildman–Crippen MR) is 460 cm³/mol. The molecule has 0 aromatic heterocycles. The van der Waals surface area contributed by atoms with Crippen molar-refractivity contribution in [3.8, 4) is 0 Å². The predicted octanol–water partition coefficient (Wildman–Crippen LogP) is -3.21. The Bertz CT molecular complexity index is 3940. The number of primary amides is 2. The highest BCUT2D eigenvalue weighted by Crippen LogP contribution is 2.26. The number of rotatable bonds is 51. The average Bonchev–Trinajstić information content (AvgIpc) is 1.69. The Morgan fingerprint density at radius 2 is 0.704 bits per heavy atom. The molecule has 20 amide bonds. The largest absolute Gasteiger partial charge is 0.394 e. The van der Waals surface area contributed by atoms with E-state index in [9.17, 15) is 106 Å². The van der Waals surface area contributed by atoms with Crippen LogP contribution < -0.4 is 102 Å². The van der Waals surface area contributed by atoms with E-state index in [0.29, 0.717) is 12.8 Å². The van der Waals surface area contributed by atoms with Gasteiger partial charge in [-0.05, 0) is 193 Å². The third-order valence-electron chi connectivity index (χ3n) is 22.1. The third-order valence-corrected chi connectivity index (χ3v) is 22.1. The Hall–Kier alpha value is -10.7. The molecule has 23 N–H and O–H groups in total. The minimum absolute atomic E-state index is 0.0291. The number of nitrogens with one attached hydrogen (secondary N) is 17. The summed E-state index contributed by atoms with van der Waals surface area (Å²) in [6.07, 6.45) is -0.590. The molecule has 13 unspecified atom stereocenters. The highest BCUT2D eigenvalue weighted by atomic mass is 16.3. The molecule has 0 spiro atoms. The van der Waals surface area contributed by atoms with Crippen LogP contribution in [0.3, 0.4) is 0 Å². The monoisotopic (exact) mass is 1780 g/mol. The Morgan fingerprint density at radius 3 is 1.14 bits per heavy atom. The van der Waals surface area contributed by atoms with Crippen LogP contribution in [0.4, 0.5) is 0 Å². The maximum atomic E-state index is 14.6. The molecule has 42 nitrogen and oxygen atoms in total. The first-order valence-corrected chi connectivity index (χ1v) is 42.5. The van der Waals surface area contributed by atoms with E-state index in [1.54, 1.807) is 34.6 Å². The van der Waals surface area contributed by atoms with Crippen LogP contribution in [0.5, 0.6) is 0 Å². The number of hydrogen-bond acceptors (Lipinski definition) is 22. The van der Waals surface area contributed by atoms with Crippen LogP contribution in [-0.2, 0) is 95.9 Å². The second-order valence-corrected chi connectivity index (χ2v) is 37.2. The number of carbonyl (C=O) groups is 20. The summed E-state index contributed by atoms with van der Waals surface area (Å²) in [7, 11) is 0. The van der Waals surface area contributed by atoms with Crippen molar-refractivity contribution in [1.82, 2.24) is 95.3 Å². The maximum Gasteiger partial charge on any atom is 0.248 e. The summed E-state index contributed by atoms with van der Waals surface area (Å²) >= 11 is 0. The first-order valence-electron chi connectivity index (χ1n) is 42.5. The SMILES string of the molecule is CCC(C)C(CO)NC(=O)C(CCC(N)=O)NC(=O)C(C)(C)NC(=O)C(C)(C)NC(=O)C(CC(C)C)NC(=O)C1CCCN1C(=O)C(C)(C)NC(=O)C(C)(CC)NC(=O)C(C)NC(=O)C(C)(C)NC(=O)C(CC(C)C)NC(=O)C(C)(CC)NC(=O)C(CCC(N)=O)NC(=O)C(C)(CC)NC(=O)C(C)(C)NC(=O)C(C)NC(=O)C(CO)NC(=O)C(C)(C)NC(C)=O. The number of carbonyl (C=O) groups excluding carboxylic acids is 20. The Balaban J connectivity index is 3.32. The second-order valence-electron chi connectivity index (χ2n) is 37.2. The topological polar surface area (TPSA) is 642 Å². The zero-order chi connectivity index (χ0) is 97.2. The molecule has 13 atom stereocenters. The standard InChI is InChI=1S/C83H146N20O22/c1-28-45(9)53(41-104)89-60(111)49(34-36-56(84)107)90-68(119)77(17,18)100-69(120)78(19,20)97-63(114)51(39-43(5)6)88-65(116)55-33-32-38-103(55)74(125)80(23,24)101-73(124)83(27,31-4)98-59(110)47(11)87-66(117)76(15,16)96-64(115)52(40-44(7)8)92-71(122)81(25,29-2)99-62(113)50(35-37-57(85)108)91-72(123)82(26,30-3)102-70(121)79(21,22)95-58(109)46(10)86-61(112)54(42-105)93-67(118)75(13,14)94-48(12)106/h43-47,49-55,104-105H,28-42H2,1-27H3,(H2,84,107)(H2,85,108)(H,86,112)(H,87,117)(H,88,116)(H,89,111)(H,90,119)(H,91,123)(H,92,122)(H,93,118)(H,94,106)(H,95,109)(H,96,115)(H,97,114)(H,98,110)(H,99,113)(H,100,120)(H,101,124)(H,102,121). The van der Waals surface area contributed by atoms with Crippen molar-refractivity contribution >= 4 is 118 Å². The van der Waals surface area contributed by atoms with Crippen LogP contribution in [0.25, 0.3) is 0 Å². The van der Waals surface area contributed by atoms with Crippen LogP contribution in [0, 0.1) is 17.8 Å². The quantitative estimate of drug-likeness (QED) is 0.0285. The fourth-order valence-corrected chi connectivity index (χ4v) is 12.6. The molecule has 1 saturated heterocycles. The molecule has 1 rings (SSSR count). The van der Waals surface area contributed by atoms with E-state index in [2.05, 4.69) is 90.4 Å². The third kappa shape index (κ3) is 34.0. The second kappa shape index (κ2) is 47.0. The lowest BCUT2D eigenvalue weighted by Crippen LogP contribution is -2.67. The molecule has 0 saturated carbocycles. The van der Waals surface area contributed by atoms with Gasteiger partial charge in [-0.2, -0.15) is 0 Å². The molecular formula is C83H146N20O22. The summed E-state index contributed by atoms with van der Waals surface area (Å²) < 4.78 is 0. The van der Waals surface area contributed by atoms with Crippen molar-refractivity contribution in [3.05, 3.63) is 0 Å². The molecule has 1 heterocycles. The van der Waals surface area contributed by atoms with Crippen molar-refractivity contribution < 1.29 is 106 Å². The molecule has 1 aliphatic rings. The number of nitrogens with two attached hydrogens (primary N) is 2. The van der Waals surface area contributed by atoms with Gasteiger partial charge in [-0.3, -0.25) is 95.9 Å². The molecule has 0 aromatic carbocycles. The Labute approximate surface area is 733 Å². The van der Waals surface area contributed by atoms with Gasteiger partial charge in [0.2, 0.25) is 118 Å². The molecule has 125 heavy (non-hydrogen) atoms. The van der Waals surface area contributed by atoms with Crippen molar-refractivity contribution in [3.63, 3.8) is 0 Å². The lowest BCUT2D eigenvalue weighted by molar-refractivity contribution is -0.146. The summed E-state index contributed by atoms with van der Waals surface area (Å²) in [5.41, 5.74) is -5.02. The maximum absolute atomic E-state index is 14.6. The zero-order valence-electron chi connectivity index (χ0n) is 78.2. The number of aliphatic hydroxyl groups excluding tert-OH is 2. The molecule has 0 aromatic rings. The van der Waals surface area contributed by atoms with Crippen molar-refractivity contribution in [2.75, 3.05) is 19.8 Å². The molecular weight excluding hydrogens is 1630 g/mol. The normalized spacial score (nSPS) is 16.8. The van der Waals surface area contributed by atoms with Gasteiger partial charge in [0, 0.05) is 26.3 Å². The smallest absolute Gasteiger partial charge is 0.248 e. The summed E-state index contributed by atoms with van der Waals surface area (Å²) in [5, 5.41) is 63.6. The van der Waals surface area contributed by atoms with E-state index in [0.717, 1.165) is 0 Å². The van der Waals surface area contributed by atoms with Gasteiger partial charge in [-0.1, -0.05) is 68.7 Å². The van der Waals surface area contributed by atoms with Gasteiger partial charge < -0.3 is 117 Å². The van der Waals surface area contributed by atoms with Crippen LogP contribution >= 0.6 is 0 Å². The minimum Gasteiger partial charge on any atom is -0.394 e. The lowest BCUT2D eigenvalue weighted by Gasteiger charge is -2.37. The van der Waals surface area contributed by atoms with E-state index in [4.69, 9.17) is 11.5 Å². The molecule has 1 fully saturated rings. The van der Waals surface area contributed by atoms with Crippen molar-refractivity contribution in [2.24, 2.45) is 29.2 Å². The van der Waals surface area contributed by atoms with Gasteiger partial charge in [0.15, 0.2) is 0 Å². The number of nitrogens with zero attached hydrogens (tertiary/aromatic N) is 1. The van der Waals surface area contributed by atoms with Crippen LogP contribution in [0.2, 0.25) is 0 Å². The van der Waals surface area contributed by atoms with Gasteiger partial charge >= 0.3 is 0 Å². The summed E-state index contributed by atoms with van der Waals surface area (Å²) in [4.78, 5) is 275. The number of likely N-dealkylation sites (tertiary alicyclic amines) is 1. The number of hydrogen-bond donors (Lipinski definition) is 21. The first kappa shape index (κ1) is 112. The molecule has 42 heteroatoms. The fourth-order valence-electron chi connectivity index (χ4n) is 12.6. The summed E-state index contributed by atoms with van der Waals surface area (Å²) in [6, 6.07) is -11.7. The van der Waals surface area contributed by atoms with E-state index >= 15 is 0 Å². The molecule has 710 valence electrons. The van der Waals surface area contributed by atoms with Crippen molar-refractivity contribution in [2.45, 2.75) is 368 Å². The number of amides is 20. The molecule has 1 aliphatic heterocycles. The van der Waals surface area contributed by atoms with E-state index < -0.39 is 248 Å². The molecule has 0 bridgehead atoms. The molecule has 0 aliphatic carbocycles. The highest BCUT2D eigenvalue weighted by molar-refractivity contribution is 6.04. The van der Waals surface area contributed by atoms with Gasteiger partial charge in [0.1, 0.15) is 98.2 Å². The summed E-state index contributed by atoms with van der Waals surface area (Å²) in [5.74, 6) is -17.4. The highest BCUT2D eigenvalue weighted by Gasteiger charge is 2.49. The zero-order valence-corrected chi connectivity index (χ0v) is 78.2. The van der Waals surface area contributed by atoms with Gasteiger partial charge in [-0.15, -0.1) is 0 Å². The van der Waals surface area contributed by atoms with Crippen LogP contribution in [0.15, 0.2) is 0 Å². The van der Waals surface area contributed by atoms with Crippen molar-refractivity contribution in [1.29, 1.82) is 0 Å². The fraction of sp³-hybridized carbons (Fsp3) is 0.759. The average molecular weight is 1780 g/mol. The first-order chi connectivity index (χ1) is 57.1. The minimum atomic E-state index is -1.87. The van der Waals surface area contributed by atoms with E-state index in [1.807, 2.05) is 13.8 Å². The summed E-state index contributed by atoms with van der Waals surface area (Å²) in [6.45, 7) is 38.0. The van der Waals surface area contributed by atoms with E-state index in [-0.39, 0.29) is 75.7 Å². The van der Waals surface area contributed by atoms with Gasteiger partial charge in [0.05, 0.1) is 19.3 Å². The Kier molecular flexibility index (Phi) is 42.3. The van der Waals surface area contributed by atoms with Crippen LogP contribution in [0.1, 0.15) is 264 Å².